The summed E-state index contributed by atoms with van der Waals surface area (Å²) in [5.74, 6) is 0. The van der Waals surface area contributed by atoms with Crippen LogP contribution in [0.3, 0.4) is 0 Å². The SMILES string of the molecule is CCN1CCCCCC1.CCN1CCCCCC1.CCN1CCCN(C)CC1. The Balaban J connectivity index is 0.000000210. The molecule has 0 atom stereocenters. The molecular formula is C24H52N4. The van der Waals surface area contributed by atoms with Gasteiger partial charge in [0.05, 0.1) is 0 Å². The van der Waals surface area contributed by atoms with Crippen LogP contribution in [0, 0.1) is 0 Å². The zero-order chi connectivity index (χ0) is 20.5. The fourth-order valence-corrected chi connectivity index (χ4v) is 4.32. The van der Waals surface area contributed by atoms with Crippen molar-refractivity contribution in [1.29, 1.82) is 0 Å². The predicted octanol–water partition coefficient (Wildman–Crippen LogP) is 4.41. The van der Waals surface area contributed by atoms with Crippen LogP contribution >= 0.6 is 0 Å². The fraction of sp³-hybridized carbons (Fsp3) is 1.00. The molecular weight excluding hydrogens is 344 g/mol. The van der Waals surface area contributed by atoms with Crippen LogP contribution in [0.1, 0.15) is 78.6 Å². The van der Waals surface area contributed by atoms with Crippen molar-refractivity contribution in [2.24, 2.45) is 0 Å². The van der Waals surface area contributed by atoms with Gasteiger partial charge >= 0.3 is 0 Å². The molecule has 0 aliphatic carbocycles. The molecule has 0 amide bonds. The zero-order valence-corrected chi connectivity index (χ0v) is 19.9. The highest BCUT2D eigenvalue weighted by Gasteiger charge is 2.09. The van der Waals surface area contributed by atoms with Gasteiger partial charge in [-0.15, -0.1) is 0 Å². The van der Waals surface area contributed by atoms with Gasteiger partial charge in [-0.1, -0.05) is 46.5 Å². The standard InChI is InChI=1S/C8H18N2.2C8H17N/c1-3-10-6-4-5-9(2)7-8-10;2*1-2-9-7-5-3-4-6-8-9/h3-8H2,1-2H3;2*2-8H2,1H3. The van der Waals surface area contributed by atoms with E-state index in [1.807, 2.05) is 0 Å². The third-order valence-electron chi connectivity index (χ3n) is 6.55. The van der Waals surface area contributed by atoms with Crippen LogP contribution in [-0.2, 0) is 0 Å². The van der Waals surface area contributed by atoms with Crippen LogP contribution < -0.4 is 0 Å². The molecule has 3 saturated heterocycles. The van der Waals surface area contributed by atoms with Crippen molar-refractivity contribution < 1.29 is 0 Å². The molecule has 0 spiro atoms. The van der Waals surface area contributed by atoms with Gasteiger partial charge in [-0.05, 0) is 98.1 Å². The van der Waals surface area contributed by atoms with Gasteiger partial charge in [-0.2, -0.15) is 0 Å². The van der Waals surface area contributed by atoms with Crippen molar-refractivity contribution in [1.82, 2.24) is 19.6 Å². The zero-order valence-electron chi connectivity index (χ0n) is 19.9. The van der Waals surface area contributed by atoms with Gasteiger partial charge in [0.2, 0.25) is 0 Å². The lowest BCUT2D eigenvalue weighted by Crippen LogP contribution is -2.28. The molecule has 3 fully saturated rings. The van der Waals surface area contributed by atoms with Crippen LogP contribution in [-0.4, -0.2) is 98.6 Å². The molecule has 0 aromatic carbocycles. The summed E-state index contributed by atoms with van der Waals surface area (Å²) in [7, 11) is 2.21. The van der Waals surface area contributed by atoms with Crippen molar-refractivity contribution >= 4 is 0 Å². The van der Waals surface area contributed by atoms with E-state index in [9.17, 15) is 0 Å². The number of likely N-dealkylation sites (tertiary alicyclic amines) is 2. The molecule has 0 bridgehead atoms. The average Bonchev–Trinajstić information content (AvgIpc) is 3.23. The van der Waals surface area contributed by atoms with E-state index < -0.39 is 0 Å². The van der Waals surface area contributed by atoms with Gasteiger partial charge in [0, 0.05) is 13.1 Å². The minimum atomic E-state index is 1.22. The lowest BCUT2D eigenvalue weighted by Gasteiger charge is -2.16. The Kier molecular flexibility index (Phi) is 16.3. The molecule has 0 unspecified atom stereocenters. The molecule has 3 rings (SSSR count). The van der Waals surface area contributed by atoms with Gasteiger partial charge in [-0.25, -0.2) is 0 Å². The molecule has 28 heavy (non-hydrogen) atoms. The largest absolute Gasteiger partial charge is 0.305 e. The minimum Gasteiger partial charge on any atom is -0.305 e. The van der Waals surface area contributed by atoms with E-state index in [1.54, 1.807) is 0 Å². The Morgan fingerprint density at radius 2 is 0.750 bits per heavy atom. The highest BCUT2D eigenvalue weighted by atomic mass is 15.2. The topological polar surface area (TPSA) is 13.0 Å². The second kappa shape index (κ2) is 17.7. The van der Waals surface area contributed by atoms with Crippen molar-refractivity contribution in [3.8, 4) is 0 Å². The smallest absolute Gasteiger partial charge is 0.0109 e. The summed E-state index contributed by atoms with van der Waals surface area (Å²) in [5, 5.41) is 0. The Bertz CT molecular complexity index is 301. The monoisotopic (exact) mass is 396 g/mol. The highest BCUT2D eigenvalue weighted by Crippen LogP contribution is 2.09. The molecule has 0 aromatic rings. The summed E-state index contributed by atoms with van der Waals surface area (Å²) < 4.78 is 0. The summed E-state index contributed by atoms with van der Waals surface area (Å²) in [4.78, 5) is 10.0. The van der Waals surface area contributed by atoms with Gasteiger partial charge in [-0.3, -0.25) is 0 Å². The summed E-state index contributed by atoms with van der Waals surface area (Å²) in [5.41, 5.74) is 0. The Labute approximate surface area is 177 Å². The number of likely N-dealkylation sites (N-methyl/N-ethyl adjacent to an activating group) is 2. The molecule has 0 radical (unpaired) electrons. The van der Waals surface area contributed by atoms with Crippen LogP contribution in [0.2, 0.25) is 0 Å². The Morgan fingerprint density at radius 1 is 0.393 bits per heavy atom. The normalized spacial score (nSPS) is 24.0. The van der Waals surface area contributed by atoms with E-state index in [-0.39, 0.29) is 0 Å². The number of hydrogen-bond acceptors (Lipinski definition) is 4. The summed E-state index contributed by atoms with van der Waals surface area (Å²) >= 11 is 0. The predicted molar refractivity (Wildman–Crippen MR) is 125 cm³/mol. The highest BCUT2D eigenvalue weighted by molar-refractivity contribution is 4.65. The molecule has 4 nitrogen and oxygen atoms in total. The first kappa shape index (κ1) is 25.9. The van der Waals surface area contributed by atoms with Crippen molar-refractivity contribution in [3.63, 3.8) is 0 Å². The maximum absolute atomic E-state index is 2.55. The van der Waals surface area contributed by atoms with E-state index in [2.05, 4.69) is 47.4 Å². The number of hydrogen-bond donors (Lipinski definition) is 0. The molecule has 3 aliphatic heterocycles. The van der Waals surface area contributed by atoms with Crippen LogP contribution in [0.15, 0.2) is 0 Å². The van der Waals surface area contributed by atoms with Crippen LogP contribution in [0.5, 0.6) is 0 Å². The van der Waals surface area contributed by atoms with Crippen LogP contribution in [0.4, 0.5) is 0 Å². The lowest BCUT2D eigenvalue weighted by atomic mass is 10.2. The maximum atomic E-state index is 2.55. The van der Waals surface area contributed by atoms with E-state index in [4.69, 9.17) is 0 Å². The van der Waals surface area contributed by atoms with Gasteiger partial charge in [0.15, 0.2) is 0 Å². The quantitative estimate of drug-likeness (QED) is 0.700. The van der Waals surface area contributed by atoms with Gasteiger partial charge in [0.25, 0.3) is 0 Å². The summed E-state index contributed by atoms with van der Waals surface area (Å²) in [6, 6.07) is 0. The van der Waals surface area contributed by atoms with Crippen molar-refractivity contribution in [2.75, 3.05) is 79.0 Å². The second-order valence-electron chi connectivity index (χ2n) is 8.79. The fourth-order valence-electron chi connectivity index (χ4n) is 4.32. The maximum Gasteiger partial charge on any atom is 0.0109 e. The first-order valence-corrected chi connectivity index (χ1v) is 12.5. The molecule has 168 valence electrons. The minimum absolute atomic E-state index is 1.22. The van der Waals surface area contributed by atoms with E-state index in [0.717, 1.165) is 0 Å². The van der Waals surface area contributed by atoms with E-state index >= 15 is 0 Å². The van der Waals surface area contributed by atoms with Gasteiger partial charge < -0.3 is 19.6 Å². The van der Waals surface area contributed by atoms with Crippen LogP contribution in [0.25, 0.3) is 0 Å². The summed E-state index contributed by atoms with van der Waals surface area (Å²) in [6.07, 6.45) is 12.9. The number of rotatable bonds is 3. The van der Waals surface area contributed by atoms with Crippen molar-refractivity contribution in [3.05, 3.63) is 0 Å². The molecule has 4 heteroatoms. The average molecular weight is 397 g/mol. The first-order chi connectivity index (χ1) is 13.7. The molecule has 0 saturated carbocycles. The molecule has 3 heterocycles. The van der Waals surface area contributed by atoms with Crippen molar-refractivity contribution in [2.45, 2.75) is 78.6 Å². The van der Waals surface area contributed by atoms with E-state index in [0.29, 0.717) is 0 Å². The molecule has 3 aliphatic rings. The van der Waals surface area contributed by atoms with Gasteiger partial charge in [0.1, 0.15) is 0 Å². The third-order valence-corrected chi connectivity index (χ3v) is 6.55. The Hall–Kier alpha value is -0.160. The third kappa shape index (κ3) is 13.1. The summed E-state index contributed by atoms with van der Waals surface area (Å²) in [6.45, 7) is 20.9. The number of nitrogens with zero attached hydrogens (tertiary/aromatic N) is 4. The molecule has 0 aromatic heterocycles. The molecule has 0 N–H and O–H groups in total. The first-order valence-electron chi connectivity index (χ1n) is 12.5. The lowest BCUT2D eigenvalue weighted by molar-refractivity contribution is 0.289. The second-order valence-corrected chi connectivity index (χ2v) is 8.79. The van der Waals surface area contributed by atoms with E-state index in [1.165, 1.54) is 130 Å². The Morgan fingerprint density at radius 3 is 1.14 bits per heavy atom.